The van der Waals surface area contributed by atoms with Gasteiger partial charge in [0.25, 0.3) is 0 Å². The molecule has 0 aromatic heterocycles. The van der Waals surface area contributed by atoms with Gasteiger partial charge < -0.3 is 10.1 Å². The normalized spacial score (nSPS) is 23.5. The fraction of sp³-hybridized carbons (Fsp3) is 0.538. The highest BCUT2D eigenvalue weighted by molar-refractivity contribution is 7.89. The van der Waals surface area contributed by atoms with E-state index in [4.69, 9.17) is 4.74 Å². The molecule has 0 spiro atoms. The second-order valence-corrected chi connectivity index (χ2v) is 7.02. The number of ether oxygens (including phenoxy) is 1. The first-order chi connectivity index (χ1) is 9.07. The van der Waals surface area contributed by atoms with Gasteiger partial charge in [-0.3, -0.25) is 0 Å². The molecule has 1 atom stereocenters. The minimum absolute atomic E-state index is 0.105. The molecule has 19 heavy (non-hydrogen) atoms. The zero-order valence-corrected chi connectivity index (χ0v) is 11.7. The van der Waals surface area contributed by atoms with Crippen molar-refractivity contribution in [2.45, 2.75) is 30.8 Å². The summed E-state index contributed by atoms with van der Waals surface area (Å²) in [5, 5.41) is 3.21. The summed E-state index contributed by atoms with van der Waals surface area (Å²) in [5.41, 5.74) is 0.762. The minimum Gasteiger partial charge on any atom is -0.487 e. The van der Waals surface area contributed by atoms with Gasteiger partial charge >= 0.3 is 0 Å². The van der Waals surface area contributed by atoms with Crippen LogP contribution in [-0.4, -0.2) is 38.5 Å². The monoisotopic (exact) mass is 282 g/mol. The van der Waals surface area contributed by atoms with E-state index in [0.29, 0.717) is 24.5 Å². The molecule has 104 valence electrons. The number of benzene rings is 1. The molecule has 0 amide bonds. The van der Waals surface area contributed by atoms with Crippen LogP contribution in [0.5, 0.6) is 5.75 Å². The Morgan fingerprint density at radius 3 is 2.79 bits per heavy atom. The van der Waals surface area contributed by atoms with Gasteiger partial charge in [-0.05, 0) is 38.0 Å². The fourth-order valence-corrected chi connectivity index (χ4v) is 4.04. The molecular formula is C13H18N2O3S. The van der Waals surface area contributed by atoms with E-state index in [1.54, 1.807) is 22.5 Å². The summed E-state index contributed by atoms with van der Waals surface area (Å²) in [7, 11) is -3.35. The molecule has 2 aliphatic heterocycles. The SMILES string of the molecule is CC1CNc2cc(S(=O)(=O)N3CCCC3)ccc2O1. The Kier molecular flexibility index (Phi) is 3.14. The molecule has 5 nitrogen and oxygen atoms in total. The predicted octanol–water partition coefficient (Wildman–Crippen LogP) is 1.66. The molecule has 1 N–H and O–H groups in total. The summed E-state index contributed by atoms with van der Waals surface area (Å²) in [5.74, 6) is 0.721. The highest BCUT2D eigenvalue weighted by atomic mass is 32.2. The molecular weight excluding hydrogens is 264 g/mol. The lowest BCUT2D eigenvalue weighted by Crippen LogP contribution is -2.29. The zero-order valence-electron chi connectivity index (χ0n) is 10.9. The summed E-state index contributed by atoms with van der Waals surface area (Å²) in [6, 6.07) is 5.04. The number of fused-ring (bicyclic) bond motifs is 1. The Morgan fingerprint density at radius 2 is 2.05 bits per heavy atom. The maximum Gasteiger partial charge on any atom is 0.243 e. The van der Waals surface area contributed by atoms with E-state index in [2.05, 4.69) is 5.32 Å². The molecule has 2 aliphatic rings. The Hall–Kier alpha value is -1.27. The Bertz CT molecular complexity index is 580. The molecule has 0 bridgehead atoms. The molecule has 1 fully saturated rings. The van der Waals surface area contributed by atoms with Gasteiger partial charge in [0.2, 0.25) is 10.0 Å². The minimum atomic E-state index is -3.35. The maximum atomic E-state index is 12.4. The number of hydrogen-bond acceptors (Lipinski definition) is 4. The number of nitrogens with zero attached hydrogens (tertiary/aromatic N) is 1. The summed E-state index contributed by atoms with van der Waals surface area (Å²) in [6.45, 7) is 3.92. The molecule has 6 heteroatoms. The van der Waals surface area contributed by atoms with E-state index in [0.717, 1.165) is 24.3 Å². The third-order valence-corrected chi connectivity index (χ3v) is 5.46. The Balaban J connectivity index is 1.94. The van der Waals surface area contributed by atoms with Crippen molar-refractivity contribution in [3.05, 3.63) is 18.2 Å². The van der Waals surface area contributed by atoms with E-state index in [1.165, 1.54) is 0 Å². The van der Waals surface area contributed by atoms with Crippen LogP contribution in [0.3, 0.4) is 0 Å². The lowest BCUT2D eigenvalue weighted by atomic mass is 10.2. The second-order valence-electron chi connectivity index (χ2n) is 5.08. The molecule has 0 aliphatic carbocycles. The van der Waals surface area contributed by atoms with Gasteiger partial charge in [0.1, 0.15) is 11.9 Å². The number of sulfonamides is 1. The number of anilines is 1. The van der Waals surface area contributed by atoms with E-state index in [1.807, 2.05) is 6.92 Å². The molecule has 1 saturated heterocycles. The molecule has 2 heterocycles. The van der Waals surface area contributed by atoms with Crippen LogP contribution in [0.25, 0.3) is 0 Å². The van der Waals surface area contributed by atoms with E-state index in [-0.39, 0.29) is 6.10 Å². The number of nitrogens with one attached hydrogen (secondary N) is 1. The van der Waals surface area contributed by atoms with Gasteiger partial charge in [0.05, 0.1) is 17.1 Å². The van der Waals surface area contributed by atoms with Crippen LogP contribution >= 0.6 is 0 Å². The quantitative estimate of drug-likeness (QED) is 0.896. The van der Waals surface area contributed by atoms with Crippen LogP contribution in [0.2, 0.25) is 0 Å². The summed E-state index contributed by atoms with van der Waals surface area (Å²) in [6.07, 6.45) is 2.00. The smallest absolute Gasteiger partial charge is 0.243 e. The van der Waals surface area contributed by atoms with Crippen molar-refractivity contribution in [3.63, 3.8) is 0 Å². The first-order valence-electron chi connectivity index (χ1n) is 6.62. The highest BCUT2D eigenvalue weighted by Crippen LogP contribution is 2.32. The zero-order chi connectivity index (χ0) is 13.5. The van der Waals surface area contributed by atoms with Crippen molar-refractivity contribution in [1.82, 2.24) is 4.31 Å². The van der Waals surface area contributed by atoms with E-state index >= 15 is 0 Å². The lowest BCUT2D eigenvalue weighted by Gasteiger charge is -2.25. The van der Waals surface area contributed by atoms with Crippen LogP contribution < -0.4 is 10.1 Å². The van der Waals surface area contributed by atoms with Crippen molar-refractivity contribution in [2.75, 3.05) is 25.0 Å². The van der Waals surface area contributed by atoms with Crippen molar-refractivity contribution < 1.29 is 13.2 Å². The lowest BCUT2D eigenvalue weighted by molar-refractivity contribution is 0.226. The topological polar surface area (TPSA) is 58.6 Å². The van der Waals surface area contributed by atoms with Crippen LogP contribution in [0, 0.1) is 0 Å². The van der Waals surface area contributed by atoms with Crippen LogP contribution in [0.15, 0.2) is 23.1 Å². The average molecular weight is 282 g/mol. The molecule has 0 radical (unpaired) electrons. The number of rotatable bonds is 2. The maximum absolute atomic E-state index is 12.4. The van der Waals surface area contributed by atoms with Gasteiger partial charge in [-0.2, -0.15) is 4.31 Å². The second kappa shape index (κ2) is 4.68. The molecule has 1 aromatic carbocycles. The third kappa shape index (κ3) is 2.30. The summed E-state index contributed by atoms with van der Waals surface area (Å²) < 4.78 is 32.1. The highest BCUT2D eigenvalue weighted by Gasteiger charge is 2.28. The van der Waals surface area contributed by atoms with Crippen LogP contribution in [-0.2, 0) is 10.0 Å². The van der Waals surface area contributed by atoms with Gasteiger partial charge in [0.15, 0.2) is 0 Å². The van der Waals surface area contributed by atoms with Gasteiger partial charge in [-0.15, -0.1) is 0 Å². The van der Waals surface area contributed by atoms with E-state index in [9.17, 15) is 8.42 Å². The average Bonchev–Trinajstić information content (AvgIpc) is 2.92. The van der Waals surface area contributed by atoms with Crippen molar-refractivity contribution in [1.29, 1.82) is 0 Å². The molecule has 3 rings (SSSR count). The van der Waals surface area contributed by atoms with E-state index < -0.39 is 10.0 Å². The first kappa shape index (κ1) is 12.7. The Morgan fingerprint density at radius 1 is 1.32 bits per heavy atom. The summed E-state index contributed by atoms with van der Waals surface area (Å²) >= 11 is 0. The van der Waals surface area contributed by atoms with Crippen molar-refractivity contribution in [3.8, 4) is 5.75 Å². The summed E-state index contributed by atoms with van der Waals surface area (Å²) in [4.78, 5) is 0.346. The Labute approximate surface area is 113 Å². The molecule has 1 aromatic rings. The number of hydrogen-bond donors (Lipinski definition) is 1. The van der Waals surface area contributed by atoms with Gasteiger partial charge in [-0.1, -0.05) is 0 Å². The van der Waals surface area contributed by atoms with Crippen molar-refractivity contribution in [2.24, 2.45) is 0 Å². The van der Waals surface area contributed by atoms with Gasteiger partial charge in [-0.25, -0.2) is 8.42 Å². The van der Waals surface area contributed by atoms with Crippen LogP contribution in [0.4, 0.5) is 5.69 Å². The first-order valence-corrected chi connectivity index (χ1v) is 8.06. The standard InChI is InChI=1S/C13H18N2O3S/c1-10-9-14-12-8-11(4-5-13(12)18-10)19(16,17)15-6-2-3-7-15/h4-5,8,10,14H,2-3,6-7,9H2,1H3. The van der Waals surface area contributed by atoms with Crippen LogP contribution in [0.1, 0.15) is 19.8 Å². The van der Waals surface area contributed by atoms with Gasteiger partial charge in [0, 0.05) is 13.1 Å². The molecule has 1 unspecified atom stereocenters. The molecule has 0 saturated carbocycles. The fourth-order valence-electron chi connectivity index (χ4n) is 2.50. The third-order valence-electron chi connectivity index (χ3n) is 3.56. The predicted molar refractivity (Wildman–Crippen MR) is 73.0 cm³/mol. The largest absolute Gasteiger partial charge is 0.487 e. The van der Waals surface area contributed by atoms with Crippen molar-refractivity contribution >= 4 is 15.7 Å².